The minimum atomic E-state index is -3.43. The molecule has 3 rings (SSSR count). The lowest BCUT2D eigenvalue weighted by atomic mass is 10.1. The smallest absolute Gasteiger partial charge is 0.254 e. The fourth-order valence-electron chi connectivity index (χ4n) is 2.94. The Kier molecular flexibility index (Phi) is 5.79. The van der Waals surface area contributed by atoms with Crippen LogP contribution >= 0.6 is 0 Å². The van der Waals surface area contributed by atoms with Gasteiger partial charge in [0.25, 0.3) is 5.91 Å². The molecule has 0 heterocycles. The number of hydrogen-bond acceptors (Lipinski definition) is 3. The molecular weight excluding hydrogens is 367 g/mol. The van der Waals surface area contributed by atoms with Crippen LogP contribution in [0.3, 0.4) is 0 Å². The van der Waals surface area contributed by atoms with Crippen molar-refractivity contribution in [3.05, 3.63) is 65.5 Å². The number of amides is 1. The van der Waals surface area contributed by atoms with Gasteiger partial charge in [-0.2, -0.15) is 0 Å². The predicted molar refractivity (Wildman–Crippen MR) is 103 cm³/mol. The van der Waals surface area contributed by atoms with Crippen molar-refractivity contribution in [3.8, 4) is 0 Å². The molecule has 0 aliphatic heterocycles. The third-order valence-electron chi connectivity index (χ3n) is 4.40. The van der Waals surface area contributed by atoms with Crippen molar-refractivity contribution in [2.24, 2.45) is 0 Å². The number of carbonyl (C=O) groups excluding carboxylic acids is 1. The van der Waals surface area contributed by atoms with Gasteiger partial charge in [0.15, 0.2) is 0 Å². The minimum absolute atomic E-state index is 0.0205. The Morgan fingerprint density at radius 2 is 1.93 bits per heavy atom. The van der Waals surface area contributed by atoms with E-state index in [1.807, 2.05) is 0 Å². The number of benzene rings is 2. The summed E-state index contributed by atoms with van der Waals surface area (Å²) >= 11 is 0. The van der Waals surface area contributed by atoms with E-state index < -0.39 is 10.0 Å². The van der Waals surface area contributed by atoms with Crippen LogP contribution in [0.1, 0.15) is 42.1 Å². The highest BCUT2D eigenvalue weighted by Crippen LogP contribution is 2.30. The molecule has 1 amide bonds. The molecule has 144 valence electrons. The lowest BCUT2D eigenvalue weighted by Crippen LogP contribution is -2.33. The lowest BCUT2D eigenvalue weighted by molar-refractivity contribution is 0.0728. The summed E-state index contributed by atoms with van der Waals surface area (Å²) in [5.41, 5.74) is 1.21. The highest BCUT2D eigenvalue weighted by molar-refractivity contribution is 7.92. The third-order valence-corrected chi connectivity index (χ3v) is 5.90. The van der Waals surface area contributed by atoms with Crippen molar-refractivity contribution in [2.45, 2.75) is 38.8 Å². The molecule has 2 aromatic carbocycles. The van der Waals surface area contributed by atoms with Crippen LogP contribution < -0.4 is 4.72 Å². The van der Waals surface area contributed by atoms with Crippen molar-refractivity contribution in [1.82, 2.24) is 4.90 Å². The number of hydrogen-bond donors (Lipinski definition) is 1. The van der Waals surface area contributed by atoms with Crippen molar-refractivity contribution in [1.29, 1.82) is 0 Å². The second-order valence-electron chi connectivity index (χ2n) is 6.76. The van der Waals surface area contributed by atoms with E-state index in [2.05, 4.69) is 4.72 Å². The molecule has 0 aromatic heterocycles. The molecular formula is C20H23FN2O3S. The zero-order chi connectivity index (χ0) is 19.4. The van der Waals surface area contributed by atoms with Gasteiger partial charge < -0.3 is 4.90 Å². The number of carbonyl (C=O) groups is 1. The first-order valence-corrected chi connectivity index (χ1v) is 10.7. The van der Waals surface area contributed by atoms with E-state index in [0.717, 1.165) is 12.8 Å². The molecule has 1 aliphatic carbocycles. The summed E-state index contributed by atoms with van der Waals surface area (Å²) in [6.45, 7) is 1.98. The molecule has 0 spiro atoms. The molecule has 5 nitrogen and oxygen atoms in total. The van der Waals surface area contributed by atoms with E-state index in [1.54, 1.807) is 48.2 Å². The molecule has 27 heavy (non-hydrogen) atoms. The fourth-order valence-corrected chi connectivity index (χ4v) is 4.07. The van der Waals surface area contributed by atoms with Crippen LogP contribution in [0.4, 0.5) is 10.1 Å². The molecule has 2 aromatic rings. The second-order valence-corrected chi connectivity index (χ2v) is 8.60. The summed E-state index contributed by atoms with van der Waals surface area (Å²) in [4.78, 5) is 14.7. The maximum Gasteiger partial charge on any atom is 0.254 e. The van der Waals surface area contributed by atoms with Gasteiger partial charge in [0.05, 0.1) is 5.75 Å². The average molecular weight is 390 g/mol. The van der Waals surface area contributed by atoms with E-state index in [1.165, 1.54) is 12.1 Å². The average Bonchev–Trinajstić information content (AvgIpc) is 3.45. The van der Waals surface area contributed by atoms with Crippen LogP contribution in [0.15, 0.2) is 48.5 Å². The van der Waals surface area contributed by atoms with Crippen LogP contribution in [0.2, 0.25) is 0 Å². The summed E-state index contributed by atoms with van der Waals surface area (Å²) in [6, 6.07) is 13.0. The van der Waals surface area contributed by atoms with E-state index in [9.17, 15) is 17.6 Å². The SMILES string of the molecule is CCCS(=O)(=O)Nc1cccc(C(=O)N(Cc2ccccc2F)C2CC2)c1. The lowest BCUT2D eigenvalue weighted by Gasteiger charge is -2.23. The molecule has 7 heteroatoms. The largest absolute Gasteiger partial charge is 0.331 e. The topological polar surface area (TPSA) is 66.5 Å². The first-order chi connectivity index (χ1) is 12.9. The predicted octanol–water partition coefficient (Wildman–Crippen LogP) is 3.78. The minimum Gasteiger partial charge on any atom is -0.331 e. The molecule has 0 bridgehead atoms. The van der Waals surface area contributed by atoms with Crippen LogP contribution in [-0.2, 0) is 16.6 Å². The standard InChI is InChI=1S/C20H23FN2O3S/c1-2-12-27(25,26)22-17-8-5-7-15(13-17)20(24)23(18-10-11-18)14-16-6-3-4-9-19(16)21/h3-9,13,18,22H,2,10-12,14H2,1H3. The van der Waals surface area contributed by atoms with Crippen LogP contribution in [-0.4, -0.2) is 31.0 Å². The fraction of sp³-hybridized carbons (Fsp3) is 0.350. The van der Waals surface area contributed by atoms with E-state index in [4.69, 9.17) is 0 Å². The second kappa shape index (κ2) is 8.08. The number of rotatable bonds is 8. The van der Waals surface area contributed by atoms with Gasteiger partial charge in [-0.1, -0.05) is 31.2 Å². The van der Waals surface area contributed by atoms with Gasteiger partial charge in [-0.3, -0.25) is 9.52 Å². The first kappa shape index (κ1) is 19.4. The molecule has 1 saturated carbocycles. The molecule has 1 aliphatic rings. The quantitative estimate of drug-likeness (QED) is 0.746. The summed E-state index contributed by atoms with van der Waals surface area (Å²) in [6.07, 6.45) is 2.29. The monoisotopic (exact) mass is 390 g/mol. The summed E-state index contributed by atoms with van der Waals surface area (Å²) in [5.74, 6) is -0.540. The Morgan fingerprint density at radius 1 is 1.19 bits per heavy atom. The maximum atomic E-state index is 14.0. The Labute approximate surface area is 159 Å². The van der Waals surface area contributed by atoms with Crippen molar-refractivity contribution in [3.63, 3.8) is 0 Å². The van der Waals surface area contributed by atoms with Crippen LogP contribution in [0, 0.1) is 5.82 Å². The summed E-state index contributed by atoms with van der Waals surface area (Å²) < 4.78 is 40.4. The van der Waals surface area contributed by atoms with Crippen molar-refractivity contribution < 1.29 is 17.6 Å². The molecule has 0 radical (unpaired) electrons. The Bertz CT molecular complexity index is 926. The van der Waals surface area contributed by atoms with E-state index in [-0.39, 0.29) is 30.1 Å². The van der Waals surface area contributed by atoms with Gasteiger partial charge >= 0.3 is 0 Å². The highest BCUT2D eigenvalue weighted by atomic mass is 32.2. The number of nitrogens with zero attached hydrogens (tertiary/aromatic N) is 1. The normalized spacial score (nSPS) is 14.0. The molecule has 0 atom stereocenters. The maximum absolute atomic E-state index is 14.0. The molecule has 1 N–H and O–H groups in total. The zero-order valence-electron chi connectivity index (χ0n) is 15.2. The van der Waals surface area contributed by atoms with Gasteiger partial charge in [0, 0.05) is 29.4 Å². The van der Waals surface area contributed by atoms with Gasteiger partial charge in [-0.25, -0.2) is 12.8 Å². The number of sulfonamides is 1. The van der Waals surface area contributed by atoms with Crippen molar-refractivity contribution >= 4 is 21.6 Å². The highest BCUT2D eigenvalue weighted by Gasteiger charge is 2.33. The Balaban J connectivity index is 1.81. The number of nitrogens with one attached hydrogen (secondary N) is 1. The third kappa shape index (κ3) is 5.07. The van der Waals surface area contributed by atoms with Gasteiger partial charge in [-0.05, 0) is 43.5 Å². The van der Waals surface area contributed by atoms with Gasteiger partial charge in [0.2, 0.25) is 10.0 Å². The molecule has 1 fully saturated rings. The number of anilines is 1. The van der Waals surface area contributed by atoms with Gasteiger partial charge in [0.1, 0.15) is 5.82 Å². The molecule has 0 unspecified atom stereocenters. The van der Waals surface area contributed by atoms with E-state index >= 15 is 0 Å². The van der Waals surface area contributed by atoms with E-state index in [0.29, 0.717) is 23.2 Å². The Hall–Kier alpha value is -2.41. The number of halogens is 1. The Morgan fingerprint density at radius 3 is 2.59 bits per heavy atom. The van der Waals surface area contributed by atoms with Crippen molar-refractivity contribution in [2.75, 3.05) is 10.5 Å². The first-order valence-electron chi connectivity index (χ1n) is 9.04. The van der Waals surface area contributed by atoms with Gasteiger partial charge in [-0.15, -0.1) is 0 Å². The molecule has 0 saturated heterocycles. The van der Waals surface area contributed by atoms with Crippen LogP contribution in [0.5, 0.6) is 0 Å². The summed E-state index contributed by atoms with van der Waals surface area (Å²) in [5, 5.41) is 0. The summed E-state index contributed by atoms with van der Waals surface area (Å²) in [7, 11) is -3.43. The van der Waals surface area contributed by atoms with Crippen LogP contribution in [0.25, 0.3) is 0 Å². The zero-order valence-corrected chi connectivity index (χ0v) is 16.0.